The fraction of sp³-hybridized carbons (Fsp3) is 0.364. The number of methoxy groups -OCH3 is 1. The summed E-state index contributed by atoms with van der Waals surface area (Å²) in [5.74, 6) is 1.64. The molecule has 1 amide bonds. The van der Waals surface area contributed by atoms with Crippen molar-refractivity contribution in [3.63, 3.8) is 0 Å². The van der Waals surface area contributed by atoms with Crippen LogP contribution in [-0.4, -0.2) is 31.9 Å². The van der Waals surface area contributed by atoms with Gasteiger partial charge in [-0.05, 0) is 61.7 Å². The molecule has 0 bridgehead atoms. The van der Waals surface area contributed by atoms with Gasteiger partial charge < -0.3 is 14.2 Å². The van der Waals surface area contributed by atoms with Gasteiger partial charge in [0.25, 0.3) is 5.91 Å². The molecule has 0 heterocycles. The highest BCUT2D eigenvalue weighted by molar-refractivity contribution is 5.84. The first kappa shape index (κ1) is 21.3. The Bertz CT molecular complexity index is 805. The third kappa shape index (κ3) is 6.61. The van der Waals surface area contributed by atoms with Crippen LogP contribution in [0.5, 0.6) is 17.2 Å². The summed E-state index contributed by atoms with van der Waals surface area (Å²) in [5, 5.41) is 4.00. The number of carbonyl (C=O) groups excluding carboxylic acids is 1. The van der Waals surface area contributed by atoms with Crippen molar-refractivity contribution in [3.05, 3.63) is 53.6 Å². The second-order valence-corrected chi connectivity index (χ2v) is 6.42. The quantitative estimate of drug-likeness (QED) is 0.380. The number of ether oxygens (including phenoxy) is 3. The Balaban J connectivity index is 1.91. The smallest absolute Gasteiger partial charge is 0.280 e. The number of benzene rings is 2. The molecule has 150 valence electrons. The lowest BCUT2D eigenvalue weighted by Gasteiger charge is -2.13. The van der Waals surface area contributed by atoms with E-state index in [0.29, 0.717) is 23.9 Å². The monoisotopic (exact) mass is 384 g/mol. The molecule has 1 unspecified atom stereocenters. The average Bonchev–Trinajstić information content (AvgIpc) is 2.68. The average molecular weight is 384 g/mol. The zero-order valence-corrected chi connectivity index (χ0v) is 16.9. The highest BCUT2D eigenvalue weighted by Gasteiger charge is 2.14. The summed E-state index contributed by atoms with van der Waals surface area (Å²) in [6.45, 7) is 6.41. The third-order valence-corrected chi connectivity index (χ3v) is 4.00. The fourth-order valence-corrected chi connectivity index (χ4v) is 2.42. The Morgan fingerprint density at radius 3 is 2.75 bits per heavy atom. The van der Waals surface area contributed by atoms with Gasteiger partial charge in [0.1, 0.15) is 5.75 Å². The van der Waals surface area contributed by atoms with Gasteiger partial charge in [-0.2, -0.15) is 5.10 Å². The number of hydrogen-bond acceptors (Lipinski definition) is 5. The lowest BCUT2D eigenvalue weighted by molar-refractivity contribution is -0.127. The normalized spacial score (nSPS) is 11.9. The number of rotatable bonds is 10. The molecular weight excluding hydrogens is 356 g/mol. The van der Waals surface area contributed by atoms with Crippen LogP contribution in [0, 0.1) is 6.92 Å². The summed E-state index contributed by atoms with van der Waals surface area (Å²) >= 11 is 0. The van der Waals surface area contributed by atoms with E-state index in [4.69, 9.17) is 14.2 Å². The minimum absolute atomic E-state index is 0.329. The van der Waals surface area contributed by atoms with Crippen LogP contribution < -0.4 is 19.6 Å². The fourth-order valence-electron chi connectivity index (χ4n) is 2.42. The minimum atomic E-state index is -0.664. The maximum atomic E-state index is 12.2. The molecule has 6 heteroatoms. The summed E-state index contributed by atoms with van der Waals surface area (Å²) in [6, 6.07) is 13.0. The number of nitrogens with zero attached hydrogens (tertiary/aromatic N) is 1. The van der Waals surface area contributed by atoms with Crippen LogP contribution in [0.4, 0.5) is 0 Å². The predicted octanol–water partition coefficient (Wildman–Crippen LogP) is 4.10. The van der Waals surface area contributed by atoms with E-state index in [2.05, 4.69) is 17.5 Å². The maximum Gasteiger partial charge on any atom is 0.280 e. The topological polar surface area (TPSA) is 69.2 Å². The highest BCUT2D eigenvalue weighted by Crippen LogP contribution is 2.27. The summed E-state index contributed by atoms with van der Waals surface area (Å²) in [6.07, 6.45) is 2.94. The van der Waals surface area contributed by atoms with E-state index in [1.165, 1.54) is 0 Å². The number of nitrogens with one attached hydrogen (secondary N) is 1. The van der Waals surface area contributed by atoms with Gasteiger partial charge in [-0.25, -0.2) is 5.43 Å². The summed E-state index contributed by atoms with van der Waals surface area (Å²) in [5.41, 5.74) is 4.35. The molecule has 0 saturated carbocycles. The van der Waals surface area contributed by atoms with Gasteiger partial charge in [-0.1, -0.05) is 25.5 Å². The number of amides is 1. The number of carbonyl (C=O) groups is 1. The Morgan fingerprint density at radius 1 is 1.21 bits per heavy atom. The predicted molar refractivity (Wildman–Crippen MR) is 110 cm³/mol. The molecule has 0 radical (unpaired) electrons. The second kappa shape index (κ2) is 11.0. The standard InChI is InChI=1S/C22H28N2O4/c1-5-6-12-27-20-11-10-18(14-21(20)26-4)15-23-24-22(25)17(3)28-19-9-7-8-16(2)13-19/h7-11,13-15,17H,5-6,12H2,1-4H3,(H,24,25). The largest absolute Gasteiger partial charge is 0.493 e. The van der Waals surface area contributed by atoms with E-state index >= 15 is 0 Å². The van der Waals surface area contributed by atoms with Crippen LogP contribution in [0.1, 0.15) is 37.8 Å². The van der Waals surface area contributed by atoms with Crippen molar-refractivity contribution in [2.24, 2.45) is 5.10 Å². The SMILES string of the molecule is CCCCOc1ccc(C=NNC(=O)C(C)Oc2cccc(C)c2)cc1OC. The molecule has 2 aromatic carbocycles. The van der Waals surface area contributed by atoms with E-state index in [0.717, 1.165) is 24.0 Å². The van der Waals surface area contributed by atoms with Crippen molar-refractivity contribution in [2.45, 2.75) is 39.7 Å². The molecule has 1 atom stereocenters. The molecule has 0 aliphatic rings. The maximum absolute atomic E-state index is 12.2. The van der Waals surface area contributed by atoms with Crippen molar-refractivity contribution in [3.8, 4) is 17.2 Å². The Labute approximate surface area is 166 Å². The van der Waals surface area contributed by atoms with E-state index in [9.17, 15) is 4.79 Å². The van der Waals surface area contributed by atoms with Crippen LogP contribution in [0.2, 0.25) is 0 Å². The van der Waals surface area contributed by atoms with Gasteiger partial charge >= 0.3 is 0 Å². The molecule has 28 heavy (non-hydrogen) atoms. The van der Waals surface area contributed by atoms with Crippen molar-refractivity contribution >= 4 is 12.1 Å². The van der Waals surface area contributed by atoms with Crippen molar-refractivity contribution in [1.29, 1.82) is 0 Å². The van der Waals surface area contributed by atoms with Crippen LogP contribution in [-0.2, 0) is 4.79 Å². The lowest BCUT2D eigenvalue weighted by atomic mass is 10.2. The number of unbranched alkanes of at least 4 members (excludes halogenated alkanes) is 1. The Hall–Kier alpha value is -3.02. The Kier molecular flexibility index (Phi) is 8.34. The first-order chi connectivity index (χ1) is 13.5. The van der Waals surface area contributed by atoms with Gasteiger partial charge in [0.15, 0.2) is 17.6 Å². The van der Waals surface area contributed by atoms with Crippen LogP contribution in [0.25, 0.3) is 0 Å². The summed E-state index contributed by atoms with van der Waals surface area (Å²) in [4.78, 5) is 12.2. The summed E-state index contributed by atoms with van der Waals surface area (Å²) < 4.78 is 16.7. The summed E-state index contributed by atoms with van der Waals surface area (Å²) in [7, 11) is 1.59. The molecule has 0 fully saturated rings. The first-order valence-electron chi connectivity index (χ1n) is 9.40. The van der Waals surface area contributed by atoms with Gasteiger partial charge in [0.05, 0.1) is 19.9 Å². The van der Waals surface area contributed by atoms with E-state index in [1.807, 2.05) is 49.4 Å². The molecular formula is C22H28N2O4. The van der Waals surface area contributed by atoms with Crippen LogP contribution >= 0.6 is 0 Å². The first-order valence-corrected chi connectivity index (χ1v) is 9.40. The zero-order chi connectivity index (χ0) is 20.4. The van der Waals surface area contributed by atoms with Gasteiger partial charge in [-0.3, -0.25) is 4.79 Å². The minimum Gasteiger partial charge on any atom is -0.493 e. The van der Waals surface area contributed by atoms with Crippen molar-refractivity contribution < 1.29 is 19.0 Å². The molecule has 2 aromatic rings. The van der Waals surface area contributed by atoms with E-state index in [-0.39, 0.29) is 5.91 Å². The number of hydrogen-bond donors (Lipinski definition) is 1. The number of hydrazone groups is 1. The molecule has 1 N–H and O–H groups in total. The molecule has 0 aliphatic carbocycles. The lowest BCUT2D eigenvalue weighted by Crippen LogP contribution is -2.33. The van der Waals surface area contributed by atoms with Crippen LogP contribution in [0.15, 0.2) is 47.6 Å². The Morgan fingerprint density at radius 2 is 2.04 bits per heavy atom. The second-order valence-electron chi connectivity index (χ2n) is 6.42. The van der Waals surface area contributed by atoms with Crippen molar-refractivity contribution in [1.82, 2.24) is 5.43 Å². The molecule has 0 aliphatic heterocycles. The van der Waals surface area contributed by atoms with Crippen molar-refractivity contribution in [2.75, 3.05) is 13.7 Å². The zero-order valence-electron chi connectivity index (χ0n) is 16.9. The number of aryl methyl sites for hydroxylation is 1. The molecule has 6 nitrogen and oxygen atoms in total. The molecule has 0 aromatic heterocycles. The van der Waals surface area contributed by atoms with Gasteiger partial charge in [0.2, 0.25) is 0 Å². The van der Waals surface area contributed by atoms with E-state index in [1.54, 1.807) is 20.2 Å². The van der Waals surface area contributed by atoms with E-state index < -0.39 is 6.10 Å². The van der Waals surface area contributed by atoms with Gasteiger partial charge in [-0.15, -0.1) is 0 Å². The molecule has 0 spiro atoms. The van der Waals surface area contributed by atoms with Crippen LogP contribution in [0.3, 0.4) is 0 Å². The highest BCUT2D eigenvalue weighted by atomic mass is 16.5. The van der Waals surface area contributed by atoms with Gasteiger partial charge in [0, 0.05) is 0 Å². The molecule has 0 saturated heterocycles. The molecule has 2 rings (SSSR count). The third-order valence-electron chi connectivity index (χ3n) is 4.00.